The summed E-state index contributed by atoms with van der Waals surface area (Å²) < 4.78 is 6.88. The highest BCUT2D eigenvalue weighted by molar-refractivity contribution is 7.17. The molecule has 1 N–H and O–H groups in total. The summed E-state index contributed by atoms with van der Waals surface area (Å²) in [7, 11) is 0. The molecule has 0 saturated heterocycles. The first kappa shape index (κ1) is 21.9. The number of anilines is 1. The minimum atomic E-state index is -0.461. The number of aryl methyl sites for hydroxylation is 3. The van der Waals surface area contributed by atoms with E-state index in [2.05, 4.69) is 10.4 Å². The largest absolute Gasteiger partial charge is 0.459 e. The Morgan fingerprint density at radius 1 is 1.30 bits per heavy atom. The first-order valence-corrected chi connectivity index (χ1v) is 10.8. The molecule has 0 atom stereocenters. The zero-order chi connectivity index (χ0) is 22.0. The van der Waals surface area contributed by atoms with Crippen molar-refractivity contribution in [3.05, 3.63) is 37.5 Å². The average molecular weight is 435 g/mol. The van der Waals surface area contributed by atoms with Gasteiger partial charge in [-0.15, -0.1) is 11.3 Å². The van der Waals surface area contributed by atoms with Crippen molar-refractivity contribution in [1.29, 1.82) is 0 Å². The van der Waals surface area contributed by atoms with Crippen LogP contribution in [0.4, 0.5) is 10.7 Å². The number of thiophene rings is 1. The molecule has 30 heavy (non-hydrogen) atoms. The summed E-state index contributed by atoms with van der Waals surface area (Å²) in [6.07, 6.45) is 3.61. The zero-order valence-corrected chi connectivity index (χ0v) is 18.4. The lowest BCUT2D eigenvalue weighted by Gasteiger charge is -2.14. The first-order valence-electron chi connectivity index (χ1n) is 10.0. The SMILES string of the molecule is Cc1nn(CCC(=O)Nc2sc3c(c2C(=O)OC(C)C)CCCC3)c(C)c1[N+](=O)[O-]. The van der Waals surface area contributed by atoms with E-state index in [1.165, 1.54) is 16.0 Å². The van der Waals surface area contributed by atoms with Crippen LogP contribution in [0.1, 0.15) is 65.3 Å². The fraction of sp³-hybridized carbons (Fsp3) is 0.550. The summed E-state index contributed by atoms with van der Waals surface area (Å²) >= 11 is 1.44. The number of hydrogen-bond acceptors (Lipinski definition) is 7. The topological polar surface area (TPSA) is 116 Å². The summed E-state index contributed by atoms with van der Waals surface area (Å²) in [6, 6.07) is 0. The number of aromatic nitrogens is 2. The van der Waals surface area contributed by atoms with Gasteiger partial charge in [-0.2, -0.15) is 5.10 Å². The van der Waals surface area contributed by atoms with Crippen molar-refractivity contribution in [2.75, 3.05) is 5.32 Å². The lowest BCUT2D eigenvalue weighted by Crippen LogP contribution is -2.19. The molecule has 0 aliphatic heterocycles. The first-order chi connectivity index (χ1) is 14.2. The van der Waals surface area contributed by atoms with Gasteiger partial charge < -0.3 is 10.1 Å². The number of esters is 1. The van der Waals surface area contributed by atoms with E-state index in [1.54, 1.807) is 27.7 Å². The third-order valence-corrected chi connectivity index (χ3v) is 6.25. The number of ether oxygens (including phenoxy) is 1. The quantitative estimate of drug-likeness (QED) is 0.401. The van der Waals surface area contributed by atoms with Crippen molar-refractivity contribution in [3.63, 3.8) is 0 Å². The fourth-order valence-corrected chi connectivity index (χ4v) is 5.00. The Hall–Kier alpha value is -2.75. The van der Waals surface area contributed by atoms with Gasteiger partial charge in [-0.1, -0.05) is 0 Å². The minimum absolute atomic E-state index is 0.0277. The van der Waals surface area contributed by atoms with Gasteiger partial charge in [-0.25, -0.2) is 4.79 Å². The third kappa shape index (κ3) is 4.53. The smallest absolute Gasteiger partial charge is 0.341 e. The van der Waals surface area contributed by atoms with Crippen LogP contribution in [0.2, 0.25) is 0 Å². The monoisotopic (exact) mass is 434 g/mol. The summed E-state index contributed by atoms with van der Waals surface area (Å²) in [6.45, 7) is 6.99. The Balaban J connectivity index is 1.75. The van der Waals surface area contributed by atoms with E-state index in [9.17, 15) is 19.7 Å². The van der Waals surface area contributed by atoms with Crippen LogP contribution in [-0.4, -0.2) is 32.7 Å². The van der Waals surface area contributed by atoms with Crippen molar-refractivity contribution in [1.82, 2.24) is 9.78 Å². The number of amides is 1. The van der Waals surface area contributed by atoms with Gasteiger partial charge >= 0.3 is 11.7 Å². The van der Waals surface area contributed by atoms with Crippen molar-refractivity contribution in [2.45, 2.75) is 72.4 Å². The van der Waals surface area contributed by atoms with Crippen LogP contribution < -0.4 is 5.32 Å². The molecule has 1 amide bonds. The lowest BCUT2D eigenvalue weighted by atomic mass is 9.95. The Morgan fingerprint density at radius 2 is 2.00 bits per heavy atom. The number of hydrogen-bond donors (Lipinski definition) is 1. The van der Waals surface area contributed by atoms with E-state index in [-0.39, 0.29) is 30.7 Å². The van der Waals surface area contributed by atoms with Gasteiger partial charge in [0.15, 0.2) is 0 Å². The third-order valence-electron chi connectivity index (χ3n) is 5.05. The molecule has 1 aliphatic rings. The highest BCUT2D eigenvalue weighted by atomic mass is 32.1. The van der Waals surface area contributed by atoms with Gasteiger partial charge in [0.25, 0.3) is 0 Å². The number of carbonyl (C=O) groups excluding carboxylic acids is 2. The molecule has 3 rings (SSSR count). The van der Waals surface area contributed by atoms with E-state index in [4.69, 9.17) is 4.74 Å². The predicted molar refractivity (Wildman–Crippen MR) is 113 cm³/mol. The van der Waals surface area contributed by atoms with E-state index in [0.717, 1.165) is 36.1 Å². The number of carbonyl (C=O) groups is 2. The molecule has 10 heteroatoms. The Labute approximate surface area is 178 Å². The van der Waals surface area contributed by atoms with Crippen molar-refractivity contribution < 1.29 is 19.2 Å². The van der Waals surface area contributed by atoms with Crippen LogP contribution in [0.5, 0.6) is 0 Å². The number of fused-ring (bicyclic) bond motifs is 1. The summed E-state index contributed by atoms with van der Waals surface area (Å²) in [5.74, 6) is -0.684. The zero-order valence-electron chi connectivity index (χ0n) is 17.6. The summed E-state index contributed by atoms with van der Waals surface area (Å²) in [4.78, 5) is 37.1. The second-order valence-electron chi connectivity index (χ2n) is 7.67. The van der Waals surface area contributed by atoms with Crippen LogP contribution in [-0.2, 0) is 28.9 Å². The maximum atomic E-state index is 12.7. The molecular weight excluding hydrogens is 408 g/mol. The number of nitro groups is 1. The molecule has 0 bridgehead atoms. The molecule has 0 aromatic carbocycles. The molecular formula is C20H26N4O5S. The highest BCUT2D eigenvalue weighted by Crippen LogP contribution is 2.38. The molecule has 1 aliphatic carbocycles. The second-order valence-corrected chi connectivity index (χ2v) is 8.77. The van der Waals surface area contributed by atoms with Gasteiger partial charge in [0.1, 0.15) is 16.4 Å². The Bertz CT molecular complexity index is 992. The van der Waals surface area contributed by atoms with Gasteiger partial charge in [0.05, 0.1) is 23.1 Å². The molecule has 0 unspecified atom stereocenters. The Morgan fingerprint density at radius 3 is 2.63 bits per heavy atom. The summed E-state index contributed by atoms with van der Waals surface area (Å²) in [5.41, 5.74) is 2.17. The molecule has 162 valence electrons. The van der Waals surface area contributed by atoms with Gasteiger partial charge in [-0.3, -0.25) is 19.6 Å². The average Bonchev–Trinajstić information content (AvgIpc) is 3.15. The van der Waals surface area contributed by atoms with E-state index in [1.807, 2.05) is 0 Å². The second kappa shape index (κ2) is 8.95. The van der Waals surface area contributed by atoms with E-state index >= 15 is 0 Å². The van der Waals surface area contributed by atoms with Crippen molar-refractivity contribution in [2.24, 2.45) is 0 Å². The van der Waals surface area contributed by atoms with Gasteiger partial charge in [0, 0.05) is 11.3 Å². The molecule has 2 aromatic rings. The van der Waals surface area contributed by atoms with Crippen molar-refractivity contribution >= 4 is 33.9 Å². The molecule has 0 fully saturated rings. The maximum Gasteiger partial charge on any atom is 0.341 e. The standard InChI is InChI=1S/C20H26N4O5S/c1-11(2)29-20(26)17-14-7-5-6-8-15(14)30-19(17)21-16(25)9-10-23-13(4)18(24(27)28)12(3)22-23/h11H,5-10H2,1-4H3,(H,21,25). The molecule has 2 heterocycles. The molecule has 0 saturated carbocycles. The molecule has 9 nitrogen and oxygen atoms in total. The normalized spacial score (nSPS) is 13.2. The van der Waals surface area contributed by atoms with Gasteiger partial charge in [0.2, 0.25) is 5.91 Å². The number of rotatable bonds is 7. The lowest BCUT2D eigenvalue weighted by molar-refractivity contribution is -0.386. The van der Waals surface area contributed by atoms with Crippen LogP contribution in [0.15, 0.2) is 0 Å². The van der Waals surface area contributed by atoms with Crippen LogP contribution in [0.25, 0.3) is 0 Å². The minimum Gasteiger partial charge on any atom is -0.459 e. The molecule has 2 aromatic heterocycles. The number of nitrogens with zero attached hydrogens (tertiary/aromatic N) is 3. The summed E-state index contributed by atoms with van der Waals surface area (Å²) in [5, 5.41) is 18.7. The van der Waals surface area contributed by atoms with E-state index in [0.29, 0.717) is 22.0 Å². The van der Waals surface area contributed by atoms with Crippen molar-refractivity contribution in [3.8, 4) is 0 Å². The number of nitrogens with one attached hydrogen (secondary N) is 1. The van der Waals surface area contributed by atoms with Crippen LogP contribution >= 0.6 is 11.3 Å². The van der Waals surface area contributed by atoms with Gasteiger partial charge in [-0.05, 0) is 58.9 Å². The fourth-order valence-electron chi connectivity index (χ4n) is 3.71. The Kier molecular flexibility index (Phi) is 6.55. The predicted octanol–water partition coefficient (Wildman–Crippen LogP) is 3.94. The van der Waals surface area contributed by atoms with Crippen LogP contribution in [0, 0.1) is 24.0 Å². The molecule has 0 radical (unpaired) electrons. The van der Waals surface area contributed by atoms with E-state index < -0.39 is 10.9 Å². The van der Waals surface area contributed by atoms with Crippen LogP contribution in [0.3, 0.4) is 0 Å². The molecule has 0 spiro atoms. The highest BCUT2D eigenvalue weighted by Gasteiger charge is 2.28. The maximum absolute atomic E-state index is 12.7.